The number of rotatable bonds is 5. The summed E-state index contributed by atoms with van der Waals surface area (Å²) >= 11 is 0. The van der Waals surface area contributed by atoms with Crippen LogP contribution in [0.1, 0.15) is 29.7 Å². The second kappa shape index (κ2) is 6.92. The molecule has 0 unspecified atom stereocenters. The standard InChI is InChI=1S/C18H21NO/c1-14-10-11-18(17(13-14)15(2)19)20-12-6-9-16-7-4-3-5-8-16/h3-11,13,15H,12,19H2,1-2H3/t15-/m0/s1. The average molecular weight is 267 g/mol. The molecule has 0 aliphatic heterocycles. The predicted octanol–water partition coefficient (Wildman–Crippen LogP) is 4.11. The summed E-state index contributed by atoms with van der Waals surface area (Å²) in [5.74, 6) is 0.864. The summed E-state index contributed by atoms with van der Waals surface area (Å²) in [4.78, 5) is 0. The minimum absolute atomic E-state index is 0.0250. The number of benzene rings is 2. The Morgan fingerprint density at radius 1 is 1.15 bits per heavy atom. The van der Waals surface area contributed by atoms with Gasteiger partial charge < -0.3 is 10.5 Å². The lowest BCUT2D eigenvalue weighted by atomic mass is 10.1. The Kier molecular flexibility index (Phi) is 4.97. The van der Waals surface area contributed by atoms with Crippen LogP contribution in [-0.2, 0) is 0 Å². The van der Waals surface area contributed by atoms with Gasteiger partial charge in [-0.1, -0.05) is 54.1 Å². The molecule has 2 aromatic rings. The van der Waals surface area contributed by atoms with Gasteiger partial charge in [0, 0.05) is 11.6 Å². The van der Waals surface area contributed by atoms with E-state index in [4.69, 9.17) is 10.5 Å². The van der Waals surface area contributed by atoms with E-state index in [0.29, 0.717) is 6.61 Å². The molecule has 0 saturated carbocycles. The molecule has 2 nitrogen and oxygen atoms in total. The highest BCUT2D eigenvalue weighted by Crippen LogP contribution is 2.25. The summed E-state index contributed by atoms with van der Waals surface area (Å²) in [6.07, 6.45) is 4.07. The summed E-state index contributed by atoms with van der Waals surface area (Å²) in [6, 6.07) is 16.3. The molecule has 0 saturated heterocycles. The van der Waals surface area contributed by atoms with Crippen LogP contribution in [0, 0.1) is 6.92 Å². The SMILES string of the molecule is Cc1ccc(OCC=Cc2ccccc2)c([C@H](C)N)c1. The molecule has 0 heterocycles. The first-order chi connectivity index (χ1) is 9.66. The second-order valence-electron chi connectivity index (χ2n) is 4.95. The van der Waals surface area contributed by atoms with Crippen molar-refractivity contribution in [1.29, 1.82) is 0 Å². The maximum absolute atomic E-state index is 5.98. The van der Waals surface area contributed by atoms with E-state index in [9.17, 15) is 0 Å². The van der Waals surface area contributed by atoms with Gasteiger partial charge in [-0.05, 0) is 31.6 Å². The van der Waals surface area contributed by atoms with Gasteiger partial charge in [0.2, 0.25) is 0 Å². The Labute approximate surface area is 120 Å². The summed E-state index contributed by atoms with van der Waals surface area (Å²) in [5, 5.41) is 0. The normalized spacial score (nSPS) is 12.6. The van der Waals surface area contributed by atoms with Gasteiger partial charge in [-0.25, -0.2) is 0 Å². The van der Waals surface area contributed by atoms with Crippen molar-refractivity contribution in [3.63, 3.8) is 0 Å². The molecule has 2 aromatic carbocycles. The number of hydrogen-bond acceptors (Lipinski definition) is 2. The van der Waals surface area contributed by atoms with Crippen LogP contribution < -0.4 is 10.5 Å². The number of ether oxygens (including phenoxy) is 1. The molecule has 0 bridgehead atoms. The maximum atomic E-state index is 5.98. The zero-order valence-corrected chi connectivity index (χ0v) is 12.0. The third-order valence-electron chi connectivity index (χ3n) is 3.10. The molecular formula is C18H21NO. The van der Waals surface area contributed by atoms with E-state index >= 15 is 0 Å². The van der Waals surface area contributed by atoms with E-state index in [0.717, 1.165) is 11.3 Å². The first-order valence-electron chi connectivity index (χ1n) is 6.87. The first-order valence-corrected chi connectivity index (χ1v) is 6.87. The van der Waals surface area contributed by atoms with Gasteiger partial charge in [-0.3, -0.25) is 0 Å². The Hall–Kier alpha value is -2.06. The molecule has 0 aromatic heterocycles. The fourth-order valence-electron chi connectivity index (χ4n) is 2.04. The Morgan fingerprint density at radius 3 is 2.60 bits per heavy atom. The van der Waals surface area contributed by atoms with Crippen molar-refractivity contribution in [3.05, 3.63) is 71.3 Å². The van der Waals surface area contributed by atoms with E-state index in [1.54, 1.807) is 0 Å². The van der Waals surface area contributed by atoms with Gasteiger partial charge >= 0.3 is 0 Å². The van der Waals surface area contributed by atoms with E-state index in [1.807, 2.05) is 43.3 Å². The molecule has 0 radical (unpaired) electrons. The van der Waals surface area contributed by atoms with Crippen LogP contribution in [0.5, 0.6) is 5.75 Å². The van der Waals surface area contributed by atoms with E-state index in [-0.39, 0.29) is 6.04 Å². The number of nitrogens with two attached hydrogens (primary N) is 1. The molecule has 20 heavy (non-hydrogen) atoms. The zero-order chi connectivity index (χ0) is 14.4. The minimum atomic E-state index is -0.0250. The largest absolute Gasteiger partial charge is 0.489 e. The zero-order valence-electron chi connectivity index (χ0n) is 12.0. The lowest BCUT2D eigenvalue weighted by Crippen LogP contribution is -2.08. The van der Waals surface area contributed by atoms with Crippen LogP contribution in [0.4, 0.5) is 0 Å². The summed E-state index contributed by atoms with van der Waals surface area (Å²) < 4.78 is 5.81. The molecule has 0 spiro atoms. The lowest BCUT2D eigenvalue weighted by molar-refractivity contribution is 0.357. The molecule has 0 fully saturated rings. The quantitative estimate of drug-likeness (QED) is 0.885. The molecule has 2 N–H and O–H groups in total. The predicted molar refractivity (Wildman–Crippen MR) is 84.8 cm³/mol. The van der Waals surface area contributed by atoms with Crippen molar-refractivity contribution in [2.45, 2.75) is 19.9 Å². The van der Waals surface area contributed by atoms with E-state index in [2.05, 4.69) is 31.2 Å². The molecule has 104 valence electrons. The Bertz CT molecular complexity index is 573. The molecular weight excluding hydrogens is 246 g/mol. The number of hydrogen-bond donors (Lipinski definition) is 1. The van der Waals surface area contributed by atoms with Crippen LogP contribution in [0.15, 0.2) is 54.6 Å². The maximum Gasteiger partial charge on any atom is 0.124 e. The van der Waals surface area contributed by atoms with Crippen molar-refractivity contribution in [1.82, 2.24) is 0 Å². The van der Waals surface area contributed by atoms with E-state index in [1.165, 1.54) is 11.1 Å². The first kappa shape index (κ1) is 14.4. The highest BCUT2D eigenvalue weighted by Gasteiger charge is 2.07. The summed E-state index contributed by atoms with van der Waals surface area (Å²) in [6.45, 7) is 4.57. The van der Waals surface area contributed by atoms with Crippen LogP contribution in [-0.4, -0.2) is 6.61 Å². The number of aryl methyl sites for hydroxylation is 1. The van der Waals surface area contributed by atoms with Gasteiger partial charge in [0.05, 0.1) is 0 Å². The van der Waals surface area contributed by atoms with Crippen LogP contribution in [0.25, 0.3) is 6.08 Å². The van der Waals surface area contributed by atoms with Gasteiger partial charge in [-0.15, -0.1) is 0 Å². The minimum Gasteiger partial charge on any atom is -0.489 e. The van der Waals surface area contributed by atoms with E-state index < -0.39 is 0 Å². The highest BCUT2D eigenvalue weighted by molar-refractivity contribution is 5.48. The third kappa shape index (κ3) is 3.97. The topological polar surface area (TPSA) is 35.2 Å². The van der Waals surface area contributed by atoms with Gasteiger partial charge in [0.1, 0.15) is 12.4 Å². The van der Waals surface area contributed by atoms with Crippen molar-refractivity contribution in [2.75, 3.05) is 6.61 Å². The smallest absolute Gasteiger partial charge is 0.124 e. The monoisotopic (exact) mass is 267 g/mol. The fraction of sp³-hybridized carbons (Fsp3) is 0.222. The molecule has 0 aliphatic rings. The highest BCUT2D eigenvalue weighted by atomic mass is 16.5. The van der Waals surface area contributed by atoms with Crippen LogP contribution >= 0.6 is 0 Å². The Morgan fingerprint density at radius 2 is 1.90 bits per heavy atom. The fourth-order valence-corrected chi connectivity index (χ4v) is 2.04. The van der Waals surface area contributed by atoms with Crippen molar-refractivity contribution < 1.29 is 4.74 Å². The van der Waals surface area contributed by atoms with Gasteiger partial charge in [-0.2, -0.15) is 0 Å². The molecule has 2 rings (SSSR count). The van der Waals surface area contributed by atoms with Crippen molar-refractivity contribution in [3.8, 4) is 5.75 Å². The third-order valence-corrected chi connectivity index (χ3v) is 3.10. The van der Waals surface area contributed by atoms with Gasteiger partial charge in [0.15, 0.2) is 0 Å². The molecule has 0 aliphatic carbocycles. The van der Waals surface area contributed by atoms with Gasteiger partial charge in [0.25, 0.3) is 0 Å². The Balaban J connectivity index is 1.99. The van der Waals surface area contributed by atoms with Crippen molar-refractivity contribution in [2.24, 2.45) is 5.73 Å². The summed E-state index contributed by atoms with van der Waals surface area (Å²) in [7, 11) is 0. The van der Waals surface area contributed by atoms with Crippen LogP contribution in [0.3, 0.4) is 0 Å². The molecule has 2 heteroatoms. The molecule has 0 amide bonds. The van der Waals surface area contributed by atoms with Crippen molar-refractivity contribution >= 4 is 6.08 Å². The lowest BCUT2D eigenvalue weighted by Gasteiger charge is -2.13. The van der Waals surface area contributed by atoms with Crippen LogP contribution in [0.2, 0.25) is 0 Å². The average Bonchev–Trinajstić information content (AvgIpc) is 2.45. The molecule has 1 atom stereocenters. The second-order valence-corrected chi connectivity index (χ2v) is 4.95. The summed E-state index contributed by atoms with van der Waals surface area (Å²) in [5.41, 5.74) is 9.41.